The van der Waals surface area contributed by atoms with Crippen LogP contribution >= 0.6 is 11.6 Å². The van der Waals surface area contributed by atoms with Gasteiger partial charge < -0.3 is 15.4 Å². The number of nitrogens with one attached hydrogen (secondary N) is 2. The molecule has 0 radical (unpaired) electrons. The van der Waals surface area contributed by atoms with E-state index in [1.807, 2.05) is 0 Å². The second-order valence-corrected chi connectivity index (χ2v) is 6.67. The zero-order valence-corrected chi connectivity index (χ0v) is 16.3. The Morgan fingerprint density at radius 2 is 1.76 bits per heavy atom. The van der Waals surface area contributed by atoms with Gasteiger partial charge in [-0.15, -0.1) is 0 Å². The molecule has 2 amide bonds. The van der Waals surface area contributed by atoms with Crippen molar-refractivity contribution in [1.82, 2.24) is 0 Å². The summed E-state index contributed by atoms with van der Waals surface area (Å²) in [4.78, 5) is 24.7. The van der Waals surface area contributed by atoms with Gasteiger partial charge >= 0.3 is 0 Å². The Bertz CT molecular complexity index is 1040. The van der Waals surface area contributed by atoms with Crippen molar-refractivity contribution in [1.29, 1.82) is 0 Å². The summed E-state index contributed by atoms with van der Waals surface area (Å²) in [5.41, 5.74) is 1.83. The Hall–Kier alpha value is -3.38. The SMILES string of the molecule is COc1ccc(NC(=O)Cc2ccc(Cl)cc2)cc1NC(=O)c1cccc(F)c1. The van der Waals surface area contributed by atoms with Crippen LogP contribution in [0, 0.1) is 5.82 Å². The predicted octanol–water partition coefficient (Wildman–Crippen LogP) is 4.92. The van der Waals surface area contributed by atoms with Crippen molar-refractivity contribution >= 4 is 34.8 Å². The molecule has 0 heterocycles. The number of ether oxygens (including phenoxy) is 1. The summed E-state index contributed by atoms with van der Waals surface area (Å²) in [5.74, 6) is -0.814. The van der Waals surface area contributed by atoms with Crippen molar-refractivity contribution in [2.75, 3.05) is 17.7 Å². The number of amides is 2. The molecule has 3 aromatic carbocycles. The third kappa shape index (κ3) is 5.56. The molecule has 2 N–H and O–H groups in total. The lowest BCUT2D eigenvalue weighted by Crippen LogP contribution is -2.16. The van der Waals surface area contributed by atoms with Gasteiger partial charge in [-0.3, -0.25) is 9.59 Å². The van der Waals surface area contributed by atoms with Gasteiger partial charge in [0.2, 0.25) is 5.91 Å². The highest BCUT2D eigenvalue weighted by molar-refractivity contribution is 6.30. The fourth-order valence-electron chi connectivity index (χ4n) is 2.70. The molecule has 0 saturated carbocycles. The third-order valence-electron chi connectivity index (χ3n) is 4.10. The standard InChI is InChI=1S/C22H18ClFN2O3/c1-29-20-10-9-18(25-21(27)11-14-5-7-16(23)8-6-14)13-19(20)26-22(28)15-3-2-4-17(24)12-15/h2-10,12-13H,11H2,1H3,(H,25,27)(H,26,28). The van der Waals surface area contributed by atoms with Gasteiger partial charge in [-0.1, -0.05) is 29.8 Å². The number of halogens is 2. The molecule has 0 aliphatic carbocycles. The minimum atomic E-state index is -0.507. The van der Waals surface area contributed by atoms with Crippen LogP contribution in [0.2, 0.25) is 5.02 Å². The largest absolute Gasteiger partial charge is 0.495 e. The molecule has 148 valence electrons. The third-order valence-corrected chi connectivity index (χ3v) is 4.35. The zero-order valence-electron chi connectivity index (χ0n) is 15.5. The maximum absolute atomic E-state index is 13.4. The lowest BCUT2D eigenvalue weighted by Gasteiger charge is -2.13. The average Bonchev–Trinajstić information content (AvgIpc) is 2.70. The highest BCUT2D eigenvalue weighted by Gasteiger charge is 2.12. The van der Waals surface area contributed by atoms with Crippen LogP contribution in [0.15, 0.2) is 66.7 Å². The Morgan fingerprint density at radius 3 is 2.45 bits per heavy atom. The van der Waals surface area contributed by atoms with Gasteiger partial charge in [-0.2, -0.15) is 0 Å². The molecular formula is C22H18ClFN2O3. The fraction of sp³-hybridized carbons (Fsp3) is 0.0909. The summed E-state index contributed by atoms with van der Waals surface area (Å²) in [6.07, 6.45) is 0.175. The Kier molecular flexibility index (Phi) is 6.46. The van der Waals surface area contributed by atoms with E-state index in [0.717, 1.165) is 11.6 Å². The van der Waals surface area contributed by atoms with Crippen LogP contribution in [0.25, 0.3) is 0 Å². The molecule has 3 aromatic rings. The number of hydrogen-bond acceptors (Lipinski definition) is 3. The lowest BCUT2D eigenvalue weighted by atomic mass is 10.1. The summed E-state index contributed by atoms with van der Waals surface area (Å²) >= 11 is 5.85. The van der Waals surface area contributed by atoms with E-state index in [0.29, 0.717) is 22.1 Å². The number of carbonyl (C=O) groups is 2. The summed E-state index contributed by atoms with van der Waals surface area (Å²) in [5, 5.41) is 6.06. The second kappa shape index (κ2) is 9.21. The molecule has 0 aromatic heterocycles. The quantitative estimate of drug-likeness (QED) is 0.603. The van der Waals surface area contributed by atoms with Crippen LogP contribution in [-0.4, -0.2) is 18.9 Å². The molecule has 0 unspecified atom stereocenters. The Morgan fingerprint density at radius 1 is 1.00 bits per heavy atom. The number of anilines is 2. The van der Waals surface area contributed by atoms with Gasteiger partial charge in [0.1, 0.15) is 11.6 Å². The zero-order chi connectivity index (χ0) is 20.8. The summed E-state index contributed by atoms with van der Waals surface area (Å²) < 4.78 is 18.6. The van der Waals surface area contributed by atoms with Gasteiger partial charge in [0.25, 0.3) is 5.91 Å². The highest BCUT2D eigenvalue weighted by Crippen LogP contribution is 2.28. The molecule has 0 aliphatic heterocycles. The fourth-order valence-corrected chi connectivity index (χ4v) is 2.83. The van der Waals surface area contributed by atoms with E-state index in [1.54, 1.807) is 42.5 Å². The molecule has 0 spiro atoms. The van der Waals surface area contributed by atoms with E-state index < -0.39 is 11.7 Å². The van der Waals surface area contributed by atoms with Crippen molar-refractivity contribution in [3.8, 4) is 5.75 Å². The molecular weight excluding hydrogens is 395 g/mol. The maximum Gasteiger partial charge on any atom is 0.255 e. The maximum atomic E-state index is 13.4. The number of carbonyl (C=O) groups excluding carboxylic acids is 2. The molecule has 0 bridgehead atoms. The smallest absolute Gasteiger partial charge is 0.255 e. The molecule has 0 atom stereocenters. The van der Waals surface area contributed by atoms with Gasteiger partial charge in [-0.05, 0) is 54.1 Å². The molecule has 3 rings (SSSR count). The topological polar surface area (TPSA) is 67.4 Å². The summed E-state index contributed by atoms with van der Waals surface area (Å²) in [6.45, 7) is 0. The van der Waals surface area contributed by atoms with E-state index in [4.69, 9.17) is 16.3 Å². The van der Waals surface area contributed by atoms with Crippen LogP contribution < -0.4 is 15.4 Å². The number of benzene rings is 3. The first-order chi connectivity index (χ1) is 13.9. The van der Waals surface area contributed by atoms with Crippen molar-refractivity contribution in [3.63, 3.8) is 0 Å². The van der Waals surface area contributed by atoms with Crippen molar-refractivity contribution in [3.05, 3.63) is 88.7 Å². The average molecular weight is 413 g/mol. The first kappa shape index (κ1) is 20.4. The van der Waals surface area contributed by atoms with E-state index >= 15 is 0 Å². The van der Waals surface area contributed by atoms with Gasteiger partial charge in [0, 0.05) is 16.3 Å². The monoisotopic (exact) mass is 412 g/mol. The first-order valence-electron chi connectivity index (χ1n) is 8.74. The lowest BCUT2D eigenvalue weighted by molar-refractivity contribution is -0.115. The normalized spacial score (nSPS) is 10.3. The number of hydrogen-bond donors (Lipinski definition) is 2. The summed E-state index contributed by atoms with van der Waals surface area (Å²) in [6, 6.07) is 17.2. The number of rotatable bonds is 6. The number of methoxy groups -OCH3 is 1. The van der Waals surface area contributed by atoms with E-state index in [1.165, 1.54) is 25.3 Å². The van der Waals surface area contributed by atoms with Gasteiger partial charge in [-0.25, -0.2) is 4.39 Å². The van der Waals surface area contributed by atoms with Crippen LogP contribution in [-0.2, 0) is 11.2 Å². The van der Waals surface area contributed by atoms with Crippen molar-refractivity contribution < 1.29 is 18.7 Å². The van der Waals surface area contributed by atoms with Crippen LogP contribution in [0.1, 0.15) is 15.9 Å². The first-order valence-corrected chi connectivity index (χ1v) is 9.11. The Balaban J connectivity index is 1.73. The second-order valence-electron chi connectivity index (χ2n) is 6.23. The molecule has 0 saturated heterocycles. The van der Waals surface area contributed by atoms with E-state index in [2.05, 4.69) is 10.6 Å². The molecule has 0 fully saturated rings. The molecule has 0 aliphatic rings. The van der Waals surface area contributed by atoms with Crippen LogP contribution in [0.3, 0.4) is 0 Å². The van der Waals surface area contributed by atoms with Crippen molar-refractivity contribution in [2.24, 2.45) is 0 Å². The van der Waals surface area contributed by atoms with Crippen molar-refractivity contribution in [2.45, 2.75) is 6.42 Å². The minimum Gasteiger partial charge on any atom is -0.495 e. The summed E-state index contributed by atoms with van der Waals surface area (Å²) in [7, 11) is 1.46. The van der Waals surface area contributed by atoms with Crippen LogP contribution in [0.4, 0.5) is 15.8 Å². The van der Waals surface area contributed by atoms with E-state index in [-0.39, 0.29) is 17.9 Å². The van der Waals surface area contributed by atoms with Crippen LogP contribution in [0.5, 0.6) is 5.75 Å². The molecule has 29 heavy (non-hydrogen) atoms. The minimum absolute atomic E-state index is 0.171. The molecule has 5 nitrogen and oxygen atoms in total. The van der Waals surface area contributed by atoms with Gasteiger partial charge in [0.15, 0.2) is 0 Å². The van der Waals surface area contributed by atoms with Gasteiger partial charge in [0.05, 0.1) is 19.2 Å². The predicted molar refractivity (Wildman–Crippen MR) is 111 cm³/mol. The highest BCUT2D eigenvalue weighted by atomic mass is 35.5. The Labute approximate surface area is 172 Å². The van der Waals surface area contributed by atoms with E-state index in [9.17, 15) is 14.0 Å². The molecule has 7 heteroatoms.